The van der Waals surface area contributed by atoms with Crippen LogP contribution in [0.15, 0.2) is 36.9 Å². The van der Waals surface area contributed by atoms with E-state index in [1.165, 1.54) is 31.4 Å². The molecule has 3 fully saturated rings. The van der Waals surface area contributed by atoms with Crippen LogP contribution in [0.2, 0.25) is 0 Å². The van der Waals surface area contributed by atoms with E-state index in [-0.39, 0.29) is 73.7 Å². The summed E-state index contributed by atoms with van der Waals surface area (Å²) in [4.78, 5) is 25.3. The largest absolute Gasteiger partial charge is 0.471 e. The zero-order chi connectivity index (χ0) is 33.7. The Bertz CT molecular complexity index is 1980. The van der Waals surface area contributed by atoms with E-state index < -0.39 is 35.5 Å². The molecule has 10 nitrogen and oxygen atoms in total. The Hall–Kier alpha value is -4.45. The van der Waals surface area contributed by atoms with Crippen LogP contribution < -0.4 is 15.2 Å². The van der Waals surface area contributed by atoms with E-state index in [0.29, 0.717) is 25.9 Å². The molecule has 3 aliphatic rings. The molecular weight excluding hydrogens is 645 g/mol. The number of anilines is 1. The lowest BCUT2D eigenvalue weighted by Crippen LogP contribution is -2.44. The van der Waals surface area contributed by atoms with Crippen LogP contribution >= 0.6 is 11.3 Å². The van der Waals surface area contributed by atoms with E-state index >= 15 is 4.39 Å². The van der Waals surface area contributed by atoms with Gasteiger partial charge in [-0.1, -0.05) is 18.7 Å². The third-order valence-electron chi connectivity index (χ3n) is 9.74. The number of thiophene rings is 1. The quantitative estimate of drug-likeness (QED) is 0.232. The van der Waals surface area contributed by atoms with E-state index in [1.807, 2.05) is 6.07 Å². The second-order valence-electron chi connectivity index (χ2n) is 12.5. The van der Waals surface area contributed by atoms with Gasteiger partial charge in [-0.15, -0.1) is 11.3 Å². The van der Waals surface area contributed by atoms with Crippen LogP contribution in [0.1, 0.15) is 31.2 Å². The summed E-state index contributed by atoms with van der Waals surface area (Å²) >= 11 is 0.922. The lowest BCUT2D eigenvalue weighted by molar-refractivity contribution is -0.128. The van der Waals surface area contributed by atoms with Gasteiger partial charge in [0.25, 0.3) is 0 Å². The maximum absolute atomic E-state index is 16.8. The Balaban J connectivity index is 1.33. The molecule has 0 spiro atoms. The lowest BCUT2D eigenvalue weighted by atomic mass is 9.95. The molecule has 0 saturated carbocycles. The molecule has 48 heavy (non-hydrogen) atoms. The molecule has 3 saturated heterocycles. The Labute approximate surface area is 278 Å². The second kappa shape index (κ2) is 12.5. The Morgan fingerprint density at radius 2 is 2.06 bits per heavy atom. The molecule has 3 aliphatic heterocycles. The summed E-state index contributed by atoms with van der Waals surface area (Å²) in [7, 11) is 1.52. The van der Waals surface area contributed by atoms with Crippen molar-refractivity contribution in [2.24, 2.45) is 0 Å². The average molecular weight is 679 g/mol. The first kappa shape index (κ1) is 32.1. The molecule has 7 rings (SSSR count). The van der Waals surface area contributed by atoms with Crippen LogP contribution in [-0.4, -0.2) is 89.5 Å². The normalized spacial score (nSPS) is 23.9. The highest BCUT2D eigenvalue weighted by Gasteiger charge is 2.49. The summed E-state index contributed by atoms with van der Waals surface area (Å²) in [5.74, 6) is -1.57. The Kier molecular flexibility index (Phi) is 8.39. The number of rotatable bonds is 9. The number of carbonyl (C=O) groups excluding carboxylic acids is 1. The highest BCUT2D eigenvalue weighted by atomic mass is 32.1. The molecule has 1 amide bonds. The van der Waals surface area contributed by atoms with Gasteiger partial charge in [-0.3, -0.25) is 9.69 Å². The number of ether oxygens (including phenoxy) is 3. The van der Waals surface area contributed by atoms with E-state index in [1.54, 1.807) is 11.0 Å². The van der Waals surface area contributed by atoms with Crippen molar-refractivity contribution in [3.8, 4) is 29.1 Å². The van der Waals surface area contributed by atoms with Crippen molar-refractivity contribution in [2.75, 3.05) is 45.7 Å². The fourth-order valence-corrected chi connectivity index (χ4v) is 8.46. The van der Waals surface area contributed by atoms with Crippen LogP contribution in [0.3, 0.4) is 0 Å². The van der Waals surface area contributed by atoms with Crippen molar-refractivity contribution in [3.63, 3.8) is 0 Å². The molecule has 250 valence electrons. The fraction of sp³-hybridized carbons (Fsp3) is 0.412. The zero-order valence-electron chi connectivity index (χ0n) is 26.2. The van der Waals surface area contributed by atoms with Gasteiger partial charge in [-0.2, -0.15) is 15.2 Å². The number of nitrogens with zero attached hydrogens (tertiary/aromatic N) is 5. The smallest absolute Gasteiger partial charge is 0.320 e. The monoisotopic (exact) mass is 678 g/mol. The molecule has 0 bridgehead atoms. The van der Waals surface area contributed by atoms with Crippen molar-refractivity contribution >= 4 is 43.2 Å². The number of carbonyl (C=O) groups is 1. The molecule has 0 unspecified atom stereocenters. The number of halogens is 3. The van der Waals surface area contributed by atoms with Gasteiger partial charge in [0.2, 0.25) is 11.8 Å². The van der Waals surface area contributed by atoms with Crippen LogP contribution in [0.25, 0.3) is 32.1 Å². The first-order valence-electron chi connectivity index (χ1n) is 15.7. The topological polar surface area (TPSA) is 127 Å². The number of hydrogen-bond donors (Lipinski definition) is 1. The van der Waals surface area contributed by atoms with Crippen molar-refractivity contribution in [2.45, 2.75) is 49.5 Å². The summed E-state index contributed by atoms with van der Waals surface area (Å²) < 4.78 is 64.2. The van der Waals surface area contributed by atoms with E-state index in [9.17, 15) is 18.8 Å². The number of nitriles is 1. The van der Waals surface area contributed by atoms with Gasteiger partial charge in [0, 0.05) is 44.0 Å². The number of nitrogen functional groups attached to an aromatic ring is 1. The molecule has 4 atom stereocenters. The van der Waals surface area contributed by atoms with Crippen molar-refractivity contribution < 1.29 is 32.2 Å². The number of methoxy groups -OCH3 is 1. The molecule has 2 N–H and O–H groups in total. The number of hydrogen-bond acceptors (Lipinski definition) is 10. The van der Waals surface area contributed by atoms with Crippen LogP contribution in [0.5, 0.6) is 11.9 Å². The summed E-state index contributed by atoms with van der Waals surface area (Å²) in [6.45, 7) is 5.38. The van der Waals surface area contributed by atoms with Crippen LogP contribution in [0, 0.1) is 23.0 Å². The number of amides is 1. The van der Waals surface area contributed by atoms with Gasteiger partial charge in [0.15, 0.2) is 5.82 Å². The van der Waals surface area contributed by atoms with Gasteiger partial charge in [-0.05, 0) is 43.2 Å². The van der Waals surface area contributed by atoms with Crippen LogP contribution in [-0.2, 0) is 9.53 Å². The van der Waals surface area contributed by atoms with E-state index in [4.69, 9.17) is 19.9 Å². The minimum atomic E-state index is -0.969. The van der Waals surface area contributed by atoms with E-state index in [0.717, 1.165) is 30.7 Å². The SMILES string of the molecule is C=CC(=O)N1CC[C@@H](Oc2nc(OC[C@@]34CCCN3C[C@H](F)C4)nc3c(F)c(-c4ccc(F)c5sc(N)c(C#N)c45)ccc23)[C@@H]1COC. The Morgan fingerprint density at radius 1 is 1.25 bits per heavy atom. The molecule has 0 aliphatic carbocycles. The molecule has 5 heterocycles. The van der Waals surface area contributed by atoms with Gasteiger partial charge in [-0.25, -0.2) is 13.2 Å². The van der Waals surface area contributed by atoms with Gasteiger partial charge >= 0.3 is 6.01 Å². The summed E-state index contributed by atoms with van der Waals surface area (Å²) in [6, 6.07) is 7.11. The average Bonchev–Trinajstić information content (AvgIpc) is 3.82. The fourth-order valence-electron chi connectivity index (χ4n) is 7.51. The first-order chi connectivity index (χ1) is 23.2. The molecule has 2 aromatic carbocycles. The summed E-state index contributed by atoms with van der Waals surface area (Å²) in [5.41, 5.74) is 5.81. The zero-order valence-corrected chi connectivity index (χ0v) is 27.0. The van der Waals surface area contributed by atoms with Gasteiger partial charge < -0.3 is 24.8 Å². The number of alkyl halides is 1. The minimum absolute atomic E-state index is 0.0387. The van der Waals surface area contributed by atoms with Gasteiger partial charge in [0.05, 0.1) is 33.8 Å². The number of benzene rings is 2. The van der Waals surface area contributed by atoms with Crippen molar-refractivity contribution in [1.82, 2.24) is 19.8 Å². The first-order valence-corrected chi connectivity index (χ1v) is 16.5. The number of likely N-dealkylation sites (tertiary alicyclic amines) is 1. The van der Waals surface area contributed by atoms with Crippen molar-refractivity contribution in [1.29, 1.82) is 5.26 Å². The predicted octanol–water partition coefficient (Wildman–Crippen LogP) is 5.38. The minimum Gasteiger partial charge on any atom is -0.471 e. The van der Waals surface area contributed by atoms with Gasteiger partial charge in [0.1, 0.15) is 41.3 Å². The highest BCUT2D eigenvalue weighted by Crippen LogP contribution is 2.44. The van der Waals surface area contributed by atoms with Crippen molar-refractivity contribution in [3.05, 3.63) is 54.1 Å². The number of fused-ring (bicyclic) bond motifs is 3. The lowest BCUT2D eigenvalue weighted by Gasteiger charge is -2.31. The molecule has 0 radical (unpaired) electrons. The molecular formula is C34H33F3N6O4S. The number of nitrogens with two attached hydrogens (primary N) is 1. The molecule has 4 aromatic rings. The molecule has 2 aromatic heterocycles. The highest BCUT2D eigenvalue weighted by molar-refractivity contribution is 7.23. The maximum Gasteiger partial charge on any atom is 0.320 e. The predicted molar refractivity (Wildman–Crippen MR) is 175 cm³/mol. The molecule has 14 heteroatoms. The standard InChI is InChI=1S/C34H33F3N6O4S/c1-3-26(44)43-12-9-25(24(43)16-45-2)47-32-21-6-5-20(19-7-8-23(36)30-27(19)22(14-38)31(39)48-30)28(37)29(21)40-33(41-32)46-17-34-10-4-11-42(34)15-18(35)13-34/h3,5-8,18,24-25H,1,4,9-13,15-17,39H2,2H3/t18-,24+,25-,34+/m1/s1. The third-order valence-corrected chi connectivity index (χ3v) is 10.8. The summed E-state index contributed by atoms with van der Waals surface area (Å²) in [5, 5.41) is 10.4. The van der Waals surface area contributed by atoms with Crippen LogP contribution in [0.4, 0.5) is 18.2 Å². The van der Waals surface area contributed by atoms with E-state index in [2.05, 4.69) is 21.4 Å². The second-order valence-corrected chi connectivity index (χ2v) is 13.5. The third kappa shape index (κ3) is 5.30. The maximum atomic E-state index is 16.8. The summed E-state index contributed by atoms with van der Waals surface area (Å²) in [6.07, 6.45) is 2.14. The number of aromatic nitrogens is 2. The Morgan fingerprint density at radius 3 is 2.83 bits per heavy atom.